The van der Waals surface area contributed by atoms with E-state index in [2.05, 4.69) is 0 Å². The zero-order chi connectivity index (χ0) is 9.26. The first-order chi connectivity index (χ1) is 6.27. The molecule has 1 aromatic carbocycles. The van der Waals surface area contributed by atoms with E-state index in [4.69, 9.17) is 11.8 Å². The molecule has 1 heterocycles. The minimum atomic E-state index is -0.112. The van der Waals surface area contributed by atoms with E-state index >= 15 is 0 Å². The van der Waals surface area contributed by atoms with Gasteiger partial charge in [0.2, 0.25) is 0 Å². The van der Waals surface area contributed by atoms with Crippen LogP contribution in [0.1, 0.15) is 17.9 Å². The molecular weight excluding hydrogens is 189 g/mol. The highest BCUT2D eigenvalue weighted by molar-refractivity contribution is 6.13. The van der Waals surface area contributed by atoms with Gasteiger partial charge in [-0.05, 0) is 29.8 Å². The van der Waals surface area contributed by atoms with Crippen LogP contribution < -0.4 is 0 Å². The Kier molecular flexibility index (Phi) is 2.51. The van der Waals surface area contributed by atoms with Crippen LogP contribution in [0.25, 0.3) is 0 Å². The van der Waals surface area contributed by atoms with Crippen molar-refractivity contribution in [1.82, 2.24) is 4.42 Å². The zero-order valence-electron chi connectivity index (χ0n) is 7.21. The van der Waals surface area contributed by atoms with Gasteiger partial charge in [0.25, 0.3) is 0 Å². The molecular formula is C10H11ClFN. The number of halogens is 2. The minimum absolute atomic E-state index is 0.112. The van der Waals surface area contributed by atoms with E-state index in [1.807, 2.05) is 12.1 Å². The van der Waals surface area contributed by atoms with Crippen molar-refractivity contribution >= 4 is 11.8 Å². The molecule has 0 N–H and O–H groups in total. The Morgan fingerprint density at radius 1 is 1.38 bits per heavy atom. The van der Waals surface area contributed by atoms with Crippen LogP contribution in [0.3, 0.4) is 0 Å². The van der Waals surface area contributed by atoms with Crippen molar-refractivity contribution < 1.29 is 4.39 Å². The molecule has 1 atom stereocenters. The van der Waals surface area contributed by atoms with Crippen LogP contribution in [0.4, 0.5) is 4.39 Å². The van der Waals surface area contributed by atoms with E-state index in [-0.39, 0.29) is 11.7 Å². The topological polar surface area (TPSA) is 3.24 Å². The molecule has 1 aliphatic heterocycles. The maximum Gasteiger partial charge on any atom is 0.126 e. The summed E-state index contributed by atoms with van der Waals surface area (Å²) in [5.74, 6) is 0.151. The third-order valence-corrected chi connectivity index (χ3v) is 2.79. The fourth-order valence-electron chi connectivity index (χ4n) is 1.78. The number of hydrogen-bond donors (Lipinski definition) is 0. The van der Waals surface area contributed by atoms with Gasteiger partial charge in [0.15, 0.2) is 0 Å². The first-order valence-electron chi connectivity index (χ1n) is 4.42. The molecule has 13 heavy (non-hydrogen) atoms. The Bertz CT molecular complexity index is 303. The molecule has 0 radical (unpaired) electrons. The first kappa shape index (κ1) is 8.97. The summed E-state index contributed by atoms with van der Waals surface area (Å²) in [6.45, 7) is 1.60. The van der Waals surface area contributed by atoms with Crippen LogP contribution in [0.2, 0.25) is 0 Å². The zero-order valence-corrected chi connectivity index (χ0v) is 7.97. The van der Waals surface area contributed by atoms with E-state index in [1.165, 1.54) is 6.07 Å². The predicted molar refractivity (Wildman–Crippen MR) is 51.2 cm³/mol. The summed E-state index contributed by atoms with van der Waals surface area (Å²) >= 11 is 5.82. The molecule has 70 valence electrons. The average molecular weight is 200 g/mol. The van der Waals surface area contributed by atoms with Crippen molar-refractivity contribution in [3.05, 3.63) is 35.6 Å². The second kappa shape index (κ2) is 3.64. The van der Waals surface area contributed by atoms with Crippen LogP contribution in [0.5, 0.6) is 0 Å². The fourth-order valence-corrected chi connectivity index (χ4v) is 2.04. The van der Waals surface area contributed by atoms with E-state index in [0.717, 1.165) is 25.1 Å². The summed E-state index contributed by atoms with van der Waals surface area (Å²) in [4.78, 5) is 0. The Morgan fingerprint density at radius 3 is 2.77 bits per heavy atom. The summed E-state index contributed by atoms with van der Waals surface area (Å²) in [6.07, 6.45) is 0.949. The maximum atomic E-state index is 13.3. The van der Waals surface area contributed by atoms with Crippen LogP contribution >= 0.6 is 11.8 Å². The van der Waals surface area contributed by atoms with Gasteiger partial charge < -0.3 is 0 Å². The third-order valence-electron chi connectivity index (χ3n) is 2.48. The van der Waals surface area contributed by atoms with Gasteiger partial charge in [-0.3, -0.25) is 0 Å². The highest BCUT2D eigenvalue weighted by atomic mass is 35.5. The molecule has 0 aliphatic carbocycles. The van der Waals surface area contributed by atoms with Gasteiger partial charge in [-0.15, -0.1) is 0 Å². The molecule has 0 aromatic heterocycles. The minimum Gasteiger partial charge on any atom is -0.220 e. The predicted octanol–water partition coefficient (Wildman–Crippen LogP) is 2.77. The van der Waals surface area contributed by atoms with Crippen molar-refractivity contribution in [2.24, 2.45) is 0 Å². The maximum absolute atomic E-state index is 13.3. The van der Waals surface area contributed by atoms with Gasteiger partial charge >= 0.3 is 0 Å². The Morgan fingerprint density at radius 2 is 2.15 bits per heavy atom. The van der Waals surface area contributed by atoms with Gasteiger partial charge in [0, 0.05) is 19.0 Å². The molecule has 1 saturated heterocycles. The largest absolute Gasteiger partial charge is 0.220 e. The summed E-state index contributed by atoms with van der Waals surface area (Å²) in [6, 6.07) is 6.93. The monoisotopic (exact) mass is 199 g/mol. The van der Waals surface area contributed by atoms with Gasteiger partial charge in [0.1, 0.15) is 5.82 Å². The van der Waals surface area contributed by atoms with Crippen molar-refractivity contribution in [3.8, 4) is 0 Å². The van der Waals surface area contributed by atoms with E-state index < -0.39 is 0 Å². The summed E-state index contributed by atoms with van der Waals surface area (Å²) in [7, 11) is 0. The molecule has 3 heteroatoms. The number of hydrogen-bond acceptors (Lipinski definition) is 1. The van der Waals surface area contributed by atoms with Crippen LogP contribution in [0.15, 0.2) is 24.3 Å². The fraction of sp³-hybridized carbons (Fsp3) is 0.400. The Balaban J connectivity index is 2.21. The molecule has 0 saturated carbocycles. The molecule has 1 fully saturated rings. The number of nitrogens with zero attached hydrogens (tertiary/aromatic N) is 1. The molecule has 0 bridgehead atoms. The molecule has 1 aliphatic rings. The lowest BCUT2D eigenvalue weighted by molar-refractivity contribution is 0.543. The van der Waals surface area contributed by atoms with Crippen molar-refractivity contribution in [2.45, 2.75) is 12.3 Å². The van der Waals surface area contributed by atoms with Crippen molar-refractivity contribution in [2.75, 3.05) is 13.1 Å². The van der Waals surface area contributed by atoms with Gasteiger partial charge in [-0.1, -0.05) is 18.2 Å². The lowest BCUT2D eigenvalue weighted by Gasteiger charge is -2.09. The second-order valence-electron chi connectivity index (χ2n) is 3.38. The summed E-state index contributed by atoms with van der Waals surface area (Å²) < 4.78 is 15.0. The van der Waals surface area contributed by atoms with E-state index in [0.29, 0.717) is 0 Å². The molecule has 0 amide bonds. The third kappa shape index (κ3) is 1.84. The number of rotatable bonds is 1. The van der Waals surface area contributed by atoms with Crippen LogP contribution in [0, 0.1) is 5.82 Å². The molecule has 1 aromatic rings. The van der Waals surface area contributed by atoms with E-state index in [9.17, 15) is 4.39 Å². The smallest absolute Gasteiger partial charge is 0.126 e. The van der Waals surface area contributed by atoms with E-state index in [1.54, 1.807) is 10.5 Å². The number of benzene rings is 1. The van der Waals surface area contributed by atoms with Crippen molar-refractivity contribution in [1.29, 1.82) is 0 Å². The molecule has 1 unspecified atom stereocenters. The molecule has 1 nitrogen and oxygen atoms in total. The first-order valence-corrected chi connectivity index (χ1v) is 4.76. The Labute approximate surface area is 82.2 Å². The van der Waals surface area contributed by atoms with Gasteiger partial charge in [0.05, 0.1) is 0 Å². The van der Waals surface area contributed by atoms with Gasteiger partial charge in [-0.25, -0.2) is 8.81 Å². The lowest BCUT2D eigenvalue weighted by Crippen LogP contribution is -2.07. The second-order valence-corrected chi connectivity index (χ2v) is 3.85. The lowest BCUT2D eigenvalue weighted by atomic mass is 9.98. The quantitative estimate of drug-likeness (QED) is 0.629. The standard InChI is InChI=1S/C10H11ClFN/c11-13-6-5-8(7-13)9-3-1-2-4-10(9)12/h1-4,8H,5-7H2. The average Bonchev–Trinajstić information content (AvgIpc) is 2.53. The Hall–Kier alpha value is -0.600. The highest BCUT2D eigenvalue weighted by Crippen LogP contribution is 2.29. The summed E-state index contributed by atoms with van der Waals surface area (Å²) in [5.41, 5.74) is 0.797. The van der Waals surface area contributed by atoms with Crippen molar-refractivity contribution in [3.63, 3.8) is 0 Å². The van der Waals surface area contributed by atoms with Crippen LogP contribution in [-0.4, -0.2) is 17.5 Å². The SMILES string of the molecule is Fc1ccccc1C1CCN(Cl)C1. The molecule has 0 spiro atoms. The molecule has 2 rings (SSSR count). The summed E-state index contributed by atoms with van der Waals surface area (Å²) in [5, 5.41) is 0. The van der Waals surface area contributed by atoms with Gasteiger partial charge in [-0.2, -0.15) is 0 Å². The highest BCUT2D eigenvalue weighted by Gasteiger charge is 2.24. The normalized spacial score (nSPS) is 23.7. The van der Waals surface area contributed by atoms with Crippen LogP contribution in [-0.2, 0) is 0 Å².